The highest BCUT2D eigenvalue weighted by Gasteiger charge is 2.16. The number of carbonyl (C=O) groups excluding carboxylic acids is 1. The number of nitrogens with one attached hydrogen (secondary N) is 1. The second-order valence-corrected chi connectivity index (χ2v) is 5.11. The predicted octanol–water partition coefficient (Wildman–Crippen LogP) is 2.38. The lowest BCUT2D eigenvalue weighted by Crippen LogP contribution is -2.44. The number of ether oxygens (including phenoxy) is 1. The molecule has 0 fully saturated rings. The minimum absolute atomic E-state index is 0. The summed E-state index contributed by atoms with van der Waals surface area (Å²) in [7, 11) is 1.53. The van der Waals surface area contributed by atoms with Crippen LogP contribution >= 0.6 is 12.4 Å². The van der Waals surface area contributed by atoms with Crippen molar-refractivity contribution in [3.63, 3.8) is 0 Å². The second-order valence-electron chi connectivity index (χ2n) is 5.11. The molecule has 0 aliphatic carbocycles. The molecule has 0 aliphatic heterocycles. The fourth-order valence-corrected chi connectivity index (χ4v) is 1.83. The monoisotopic (exact) mass is 300 g/mol. The molecule has 1 rings (SSSR count). The molecule has 0 heterocycles. The Morgan fingerprint density at radius 1 is 1.20 bits per heavy atom. The molecule has 1 aromatic carbocycles. The molecule has 3 N–H and O–H groups in total. The van der Waals surface area contributed by atoms with Crippen LogP contribution in [0.5, 0.6) is 0 Å². The number of methoxy groups -OCH3 is 1. The molecule has 0 saturated carbocycles. The standard InChI is InChI=1S/C15H24N2O2.ClH/c1-10(2)12-5-7-13(8-6-12)11(3)17-15(18)14(16)9-19-4;/h5-8,10-11,14H,9,16H2,1-4H3,(H,17,18);1H. The fourth-order valence-electron chi connectivity index (χ4n) is 1.83. The van der Waals surface area contributed by atoms with Crippen molar-refractivity contribution in [3.05, 3.63) is 35.4 Å². The smallest absolute Gasteiger partial charge is 0.239 e. The van der Waals surface area contributed by atoms with E-state index in [-0.39, 0.29) is 31.0 Å². The molecular weight excluding hydrogens is 276 g/mol. The van der Waals surface area contributed by atoms with Gasteiger partial charge in [0.2, 0.25) is 5.91 Å². The van der Waals surface area contributed by atoms with Crippen molar-refractivity contribution in [2.24, 2.45) is 5.73 Å². The highest BCUT2D eigenvalue weighted by molar-refractivity contribution is 5.85. The summed E-state index contributed by atoms with van der Waals surface area (Å²) in [6.45, 7) is 6.49. The summed E-state index contributed by atoms with van der Waals surface area (Å²) >= 11 is 0. The maximum atomic E-state index is 11.8. The van der Waals surface area contributed by atoms with Gasteiger partial charge in [-0.05, 0) is 24.0 Å². The van der Waals surface area contributed by atoms with E-state index < -0.39 is 6.04 Å². The van der Waals surface area contributed by atoms with E-state index in [1.54, 1.807) is 0 Å². The largest absolute Gasteiger partial charge is 0.383 e. The van der Waals surface area contributed by atoms with Crippen LogP contribution < -0.4 is 11.1 Å². The van der Waals surface area contributed by atoms with Crippen molar-refractivity contribution in [3.8, 4) is 0 Å². The highest BCUT2D eigenvalue weighted by atomic mass is 35.5. The van der Waals surface area contributed by atoms with Gasteiger partial charge in [0.25, 0.3) is 0 Å². The average Bonchev–Trinajstić information content (AvgIpc) is 2.38. The summed E-state index contributed by atoms with van der Waals surface area (Å²) < 4.78 is 4.87. The van der Waals surface area contributed by atoms with Crippen LogP contribution in [-0.4, -0.2) is 25.7 Å². The van der Waals surface area contributed by atoms with E-state index in [9.17, 15) is 4.79 Å². The zero-order chi connectivity index (χ0) is 14.4. The number of hydrogen-bond donors (Lipinski definition) is 2. The molecule has 0 saturated heterocycles. The van der Waals surface area contributed by atoms with E-state index in [0.29, 0.717) is 5.92 Å². The number of benzene rings is 1. The third kappa shape index (κ3) is 5.49. The maximum absolute atomic E-state index is 11.8. The first-order chi connectivity index (χ1) is 8.95. The van der Waals surface area contributed by atoms with Crippen LogP contribution in [0.4, 0.5) is 0 Å². The predicted molar refractivity (Wildman–Crippen MR) is 84.2 cm³/mol. The van der Waals surface area contributed by atoms with Crippen LogP contribution in [-0.2, 0) is 9.53 Å². The van der Waals surface area contributed by atoms with E-state index >= 15 is 0 Å². The van der Waals surface area contributed by atoms with Gasteiger partial charge >= 0.3 is 0 Å². The van der Waals surface area contributed by atoms with Crippen LogP contribution in [0.1, 0.15) is 43.9 Å². The Balaban J connectivity index is 0.00000361. The summed E-state index contributed by atoms with van der Waals surface area (Å²) in [6.07, 6.45) is 0. The van der Waals surface area contributed by atoms with Gasteiger partial charge in [-0.2, -0.15) is 0 Å². The highest BCUT2D eigenvalue weighted by Crippen LogP contribution is 2.18. The van der Waals surface area contributed by atoms with E-state index in [2.05, 4.69) is 31.3 Å². The summed E-state index contributed by atoms with van der Waals surface area (Å²) in [5, 5.41) is 2.89. The van der Waals surface area contributed by atoms with Gasteiger partial charge < -0.3 is 15.8 Å². The molecule has 2 atom stereocenters. The van der Waals surface area contributed by atoms with Gasteiger partial charge in [0, 0.05) is 7.11 Å². The van der Waals surface area contributed by atoms with Crippen LogP contribution in [0, 0.1) is 0 Å². The first-order valence-corrected chi connectivity index (χ1v) is 6.60. The number of nitrogens with two attached hydrogens (primary N) is 1. The molecule has 0 aromatic heterocycles. The van der Waals surface area contributed by atoms with Gasteiger partial charge in [0.05, 0.1) is 12.6 Å². The van der Waals surface area contributed by atoms with Gasteiger partial charge in [-0.1, -0.05) is 38.1 Å². The maximum Gasteiger partial charge on any atom is 0.239 e. The Morgan fingerprint density at radius 2 is 1.70 bits per heavy atom. The van der Waals surface area contributed by atoms with Crippen molar-refractivity contribution in [1.29, 1.82) is 0 Å². The van der Waals surface area contributed by atoms with Crippen LogP contribution in [0.3, 0.4) is 0 Å². The lowest BCUT2D eigenvalue weighted by Gasteiger charge is -2.18. The Hall–Kier alpha value is -1.10. The first-order valence-electron chi connectivity index (χ1n) is 6.60. The van der Waals surface area contributed by atoms with E-state index in [1.165, 1.54) is 12.7 Å². The summed E-state index contributed by atoms with van der Waals surface area (Å²) in [5.74, 6) is 0.316. The molecule has 2 unspecified atom stereocenters. The molecule has 5 heteroatoms. The van der Waals surface area contributed by atoms with Crippen molar-refractivity contribution in [1.82, 2.24) is 5.32 Å². The van der Waals surface area contributed by atoms with Gasteiger partial charge in [-0.25, -0.2) is 0 Å². The Bertz CT molecular complexity index is 407. The third-order valence-corrected chi connectivity index (χ3v) is 3.14. The lowest BCUT2D eigenvalue weighted by molar-refractivity contribution is -0.124. The molecule has 4 nitrogen and oxygen atoms in total. The first kappa shape index (κ1) is 18.9. The third-order valence-electron chi connectivity index (χ3n) is 3.14. The Labute approximate surface area is 127 Å². The van der Waals surface area contributed by atoms with Gasteiger partial charge in [-0.15, -0.1) is 12.4 Å². The van der Waals surface area contributed by atoms with E-state index in [1.807, 2.05) is 19.1 Å². The SMILES string of the molecule is COCC(N)C(=O)NC(C)c1ccc(C(C)C)cc1.Cl. The number of hydrogen-bond acceptors (Lipinski definition) is 3. The molecule has 0 radical (unpaired) electrons. The van der Waals surface area contributed by atoms with Crippen molar-refractivity contribution in [2.75, 3.05) is 13.7 Å². The normalized spacial score (nSPS) is 13.5. The molecule has 0 bridgehead atoms. The van der Waals surface area contributed by atoms with Gasteiger partial charge in [-0.3, -0.25) is 4.79 Å². The lowest BCUT2D eigenvalue weighted by atomic mass is 9.99. The Morgan fingerprint density at radius 3 is 2.15 bits per heavy atom. The zero-order valence-corrected chi connectivity index (χ0v) is 13.4. The van der Waals surface area contributed by atoms with Crippen LogP contribution in [0.2, 0.25) is 0 Å². The summed E-state index contributed by atoms with van der Waals surface area (Å²) in [4.78, 5) is 11.8. The quantitative estimate of drug-likeness (QED) is 0.848. The molecular formula is C15H25ClN2O2. The topological polar surface area (TPSA) is 64.3 Å². The number of carbonyl (C=O) groups is 1. The second kappa shape index (κ2) is 8.95. The fraction of sp³-hybridized carbons (Fsp3) is 0.533. The number of halogens is 1. The number of amides is 1. The molecule has 20 heavy (non-hydrogen) atoms. The molecule has 1 amide bonds. The minimum atomic E-state index is -0.623. The molecule has 114 valence electrons. The molecule has 0 spiro atoms. The van der Waals surface area contributed by atoms with E-state index in [0.717, 1.165) is 5.56 Å². The van der Waals surface area contributed by atoms with Crippen molar-refractivity contribution < 1.29 is 9.53 Å². The van der Waals surface area contributed by atoms with Crippen LogP contribution in [0.15, 0.2) is 24.3 Å². The van der Waals surface area contributed by atoms with Crippen LogP contribution in [0.25, 0.3) is 0 Å². The van der Waals surface area contributed by atoms with Crippen molar-refractivity contribution >= 4 is 18.3 Å². The molecule has 0 aliphatic rings. The summed E-state index contributed by atoms with van der Waals surface area (Å²) in [5.41, 5.74) is 8.04. The molecule has 1 aromatic rings. The van der Waals surface area contributed by atoms with E-state index in [4.69, 9.17) is 10.5 Å². The van der Waals surface area contributed by atoms with Gasteiger partial charge in [0.1, 0.15) is 6.04 Å². The minimum Gasteiger partial charge on any atom is -0.383 e. The van der Waals surface area contributed by atoms with Crippen molar-refractivity contribution in [2.45, 2.75) is 38.8 Å². The average molecular weight is 301 g/mol. The summed E-state index contributed by atoms with van der Waals surface area (Å²) in [6, 6.07) is 7.60. The number of rotatable bonds is 6. The Kier molecular flexibility index (Phi) is 8.46. The van der Waals surface area contributed by atoms with Gasteiger partial charge in [0.15, 0.2) is 0 Å². The zero-order valence-electron chi connectivity index (χ0n) is 12.6.